The first-order chi connectivity index (χ1) is 15.7. The number of fused-ring (bicyclic) bond motifs is 2. The normalized spacial score (nSPS) is 21.4. The van der Waals surface area contributed by atoms with Crippen molar-refractivity contribution >= 4 is 16.8 Å². The Kier molecular flexibility index (Phi) is 8.09. The van der Waals surface area contributed by atoms with Crippen molar-refractivity contribution in [3.8, 4) is 5.75 Å². The van der Waals surface area contributed by atoms with E-state index < -0.39 is 0 Å². The van der Waals surface area contributed by atoms with Crippen molar-refractivity contribution in [2.24, 2.45) is 5.92 Å². The molecule has 0 bridgehead atoms. The van der Waals surface area contributed by atoms with Gasteiger partial charge in [-0.3, -0.25) is 4.79 Å². The molecule has 2 atom stereocenters. The molecule has 4 rings (SSSR count). The van der Waals surface area contributed by atoms with E-state index in [0.29, 0.717) is 31.5 Å². The summed E-state index contributed by atoms with van der Waals surface area (Å²) in [5.74, 6) is 1.74. The van der Waals surface area contributed by atoms with Gasteiger partial charge in [0.05, 0.1) is 7.11 Å². The number of hydrogen-bond donors (Lipinski definition) is 0. The van der Waals surface area contributed by atoms with Crippen molar-refractivity contribution in [2.75, 3.05) is 47.0 Å². The molecule has 0 saturated carbocycles. The molecule has 0 radical (unpaired) electrons. The maximum atomic E-state index is 13.3. The fraction of sp³-hybridized carbons (Fsp3) is 0.654. The number of amides is 1. The molecule has 2 aliphatic heterocycles. The van der Waals surface area contributed by atoms with Crippen LogP contribution in [0.5, 0.6) is 5.75 Å². The zero-order chi connectivity index (χ0) is 22.3. The predicted octanol–water partition coefficient (Wildman–Crippen LogP) is 4.17. The quantitative estimate of drug-likeness (QED) is 0.519. The summed E-state index contributed by atoms with van der Waals surface area (Å²) >= 11 is 0. The van der Waals surface area contributed by atoms with E-state index in [0.717, 1.165) is 36.2 Å². The molecule has 3 heterocycles. The number of piperidine rings is 2. The number of hydrogen-bond acceptors (Lipinski definition) is 4. The molecule has 1 aromatic heterocycles. The number of aryl methyl sites for hydroxylation is 1. The Hall–Kier alpha value is -2.05. The molecule has 6 nitrogen and oxygen atoms in total. The lowest BCUT2D eigenvalue weighted by molar-refractivity contribution is -0.133. The van der Waals surface area contributed by atoms with Crippen molar-refractivity contribution < 1.29 is 14.3 Å². The fourth-order valence-electron chi connectivity index (χ4n) is 5.67. The monoisotopic (exact) mass is 441 g/mol. The third-order valence-corrected chi connectivity index (χ3v) is 7.36. The van der Waals surface area contributed by atoms with Gasteiger partial charge in [-0.05, 0) is 75.4 Å². The van der Waals surface area contributed by atoms with E-state index in [-0.39, 0.29) is 5.91 Å². The number of rotatable bonds is 10. The second-order valence-electron chi connectivity index (χ2n) is 9.37. The highest BCUT2D eigenvalue weighted by Crippen LogP contribution is 2.31. The van der Waals surface area contributed by atoms with Crippen molar-refractivity contribution in [3.05, 3.63) is 30.5 Å². The molecule has 1 aromatic carbocycles. The van der Waals surface area contributed by atoms with Crippen LogP contribution >= 0.6 is 0 Å². The molecular formula is C26H39N3O3. The van der Waals surface area contributed by atoms with Crippen LogP contribution in [-0.4, -0.2) is 73.3 Å². The van der Waals surface area contributed by atoms with Crippen LogP contribution in [0.15, 0.2) is 30.5 Å². The average molecular weight is 442 g/mol. The van der Waals surface area contributed by atoms with Crippen LogP contribution in [0.4, 0.5) is 0 Å². The smallest absolute Gasteiger partial charge is 0.224 e. The predicted molar refractivity (Wildman–Crippen MR) is 128 cm³/mol. The van der Waals surface area contributed by atoms with E-state index >= 15 is 0 Å². The van der Waals surface area contributed by atoms with Crippen LogP contribution in [0.1, 0.15) is 44.9 Å². The summed E-state index contributed by atoms with van der Waals surface area (Å²) in [6, 6.07) is 8.87. The zero-order valence-electron chi connectivity index (χ0n) is 19.8. The molecule has 0 N–H and O–H groups in total. The summed E-state index contributed by atoms with van der Waals surface area (Å²) in [4.78, 5) is 18.2. The van der Waals surface area contributed by atoms with Gasteiger partial charge in [-0.2, -0.15) is 0 Å². The molecule has 2 aliphatic rings. The van der Waals surface area contributed by atoms with Crippen LogP contribution < -0.4 is 4.74 Å². The van der Waals surface area contributed by atoms with Crippen molar-refractivity contribution in [1.82, 2.24) is 14.4 Å². The van der Waals surface area contributed by atoms with Gasteiger partial charge in [-0.15, -0.1) is 0 Å². The van der Waals surface area contributed by atoms with Gasteiger partial charge in [0.15, 0.2) is 0 Å². The maximum absolute atomic E-state index is 13.3. The molecule has 0 unspecified atom stereocenters. The highest BCUT2D eigenvalue weighted by molar-refractivity contribution is 5.82. The molecule has 1 amide bonds. The molecule has 0 aliphatic carbocycles. The van der Waals surface area contributed by atoms with E-state index in [9.17, 15) is 4.79 Å². The maximum Gasteiger partial charge on any atom is 0.224 e. The van der Waals surface area contributed by atoms with E-state index in [1.54, 1.807) is 14.2 Å². The van der Waals surface area contributed by atoms with Crippen LogP contribution in [0.3, 0.4) is 0 Å². The summed E-state index contributed by atoms with van der Waals surface area (Å²) in [5.41, 5.74) is 1.15. The molecule has 2 saturated heterocycles. The van der Waals surface area contributed by atoms with Gasteiger partial charge in [-0.1, -0.05) is 6.42 Å². The first kappa shape index (κ1) is 23.1. The number of nitrogens with zero attached hydrogens (tertiary/aromatic N) is 3. The first-order valence-electron chi connectivity index (χ1n) is 12.3. The van der Waals surface area contributed by atoms with Crippen LogP contribution in [0.2, 0.25) is 0 Å². The van der Waals surface area contributed by atoms with E-state index in [4.69, 9.17) is 9.47 Å². The minimum atomic E-state index is 0.268. The topological polar surface area (TPSA) is 46.9 Å². The SMILES string of the molecule is COCCCN(C[C@@H]1CCCN2CCCC[C@H]12)C(=O)CCn1ccc2cc(OC)ccc21. The van der Waals surface area contributed by atoms with Crippen molar-refractivity contribution in [3.63, 3.8) is 0 Å². The molecule has 176 valence electrons. The lowest BCUT2D eigenvalue weighted by Gasteiger charge is -2.45. The van der Waals surface area contributed by atoms with Crippen LogP contribution in [0, 0.1) is 5.92 Å². The second kappa shape index (κ2) is 11.2. The molecule has 2 aromatic rings. The standard InChI is InChI=1S/C26H39N3O3/c1-31-18-6-15-29(20-22-7-5-14-27-13-4-3-8-24(22)27)26(30)12-17-28-16-11-21-19-23(32-2)9-10-25(21)28/h9-11,16,19,22,24H,3-8,12-15,17-18,20H2,1-2H3/t22-,24+/m0/s1. The number of benzene rings is 1. The first-order valence-corrected chi connectivity index (χ1v) is 12.3. The number of aromatic nitrogens is 1. The van der Waals surface area contributed by atoms with Crippen LogP contribution in [-0.2, 0) is 16.1 Å². The Morgan fingerprint density at radius 2 is 2.00 bits per heavy atom. The number of methoxy groups -OCH3 is 2. The van der Waals surface area contributed by atoms with Crippen molar-refractivity contribution in [1.29, 1.82) is 0 Å². The Bertz CT molecular complexity index is 878. The van der Waals surface area contributed by atoms with E-state index in [1.807, 2.05) is 12.1 Å². The van der Waals surface area contributed by atoms with Gasteiger partial charge in [0.1, 0.15) is 5.75 Å². The lowest BCUT2D eigenvalue weighted by atomic mass is 9.83. The third-order valence-electron chi connectivity index (χ3n) is 7.36. The largest absolute Gasteiger partial charge is 0.497 e. The highest BCUT2D eigenvalue weighted by Gasteiger charge is 2.34. The Balaban J connectivity index is 1.40. The van der Waals surface area contributed by atoms with Crippen LogP contribution in [0.25, 0.3) is 10.9 Å². The van der Waals surface area contributed by atoms with Gasteiger partial charge in [0.25, 0.3) is 0 Å². The third kappa shape index (κ3) is 5.46. The van der Waals surface area contributed by atoms with E-state index in [2.05, 4.69) is 32.7 Å². The Labute approximate surface area is 192 Å². The Morgan fingerprint density at radius 1 is 1.12 bits per heavy atom. The molecular weight excluding hydrogens is 402 g/mol. The summed E-state index contributed by atoms with van der Waals surface area (Å²) in [5, 5.41) is 1.15. The van der Waals surface area contributed by atoms with Crippen molar-refractivity contribution in [2.45, 2.75) is 57.5 Å². The minimum Gasteiger partial charge on any atom is -0.497 e. The van der Waals surface area contributed by atoms with Gasteiger partial charge in [0, 0.05) is 62.9 Å². The van der Waals surface area contributed by atoms with E-state index in [1.165, 1.54) is 45.2 Å². The molecule has 32 heavy (non-hydrogen) atoms. The van der Waals surface area contributed by atoms with Gasteiger partial charge >= 0.3 is 0 Å². The van der Waals surface area contributed by atoms with Gasteiger partial charge < -0.3 is 23.8 Å². The average Bonchev–Trinajstić information content (AvgIpc) is 3.24. The summed E-state index contributed by atoms with van der Waals surface area (Å²) in [6.45, 7) is 5.57. The summed E-state index contributed by atoms with van der Waals surface area (Å²) < 4.78 is 12.8. The summed E-state index contributed by atoms with van der Waals surface area (Å²) in [6.07, 6.45) is 9.98. The Morgan fingerprint density at radius 3 is 2.84 bits per heavy atom. The molecule has 0 spiro atoms. The lowest BCUT2D eigenvalue weighted by Crippen LogP contribution is -2.51. The molecule has 6 heteroatoms. The minimum absolute atomic E-state index is 0.268. The van der Waals surface area contributed by atoms with Gasteiger partial charge in [0.2, 0.25) is 5.91 Å². The van der Waals surface area contributed by atoms with Gasteiger partial charge in [-0.25, -0.2) is 0 Å². The number of carbonyl (C=O) groups excluding carboxylic acids is 1. The fourth-order valence-corrected chi connectivity index (χ4v) is 5.67. The summed E-state index contributed by atoms with van der Waals surface area (Å²) in [7, 11) is 3.42. The number of carbonyl (C=O) groups is 1. The number of ether oxygens (including phenoxy) is 2. The second-order valence-corrected chi connectivity index (χ2v) is 9.37. The highest BCUT2D eigenvalue weighted by atomic mass is 16.5. The zero-order valence-corrected chi connectivity index (χ0v) is 19.8. The molecule has 2 fully saturated rings.